The smallest absolute Gasteiger partial charge is 0.232 e. The molecule has 0 aliphatic heterocycles. The van der Waals surface area contributed by atoms with Crippen molar-refractivity contribution in [3.63, 3.8) is 0 Å². The van der Waals surface area contributed by atoms with Crippen molar-refractivity contribution < 1.29 is 4.52 Å². The van der Waals surface area contributed by atoms with Gasteiger partial charge >= 0.3 is 0 Å². The van der Waals surface area contributed by atoms with Gasteiger partial charge in [-0.25, -0.2) is 4.68 Å². The van der Waals surface area contributed by atoms with E-state index in [0.29, 0.717) is 18.3 Å². The lowest BCUT2D eigenvalue weighted by atomic mass is 9.97. The molecule has 0 saturated carbocycles. The molecular formula is C12H20N6O. The van der Waals surface area contributed by atoms with E-state index < -0.39 is 0 Å². The summed E-state index contributed by atoms with van der Waals surface area (Å²) in [7, 11) is 0. The van der Waals surface area contributed by atoms with Gasteiger partial charge in [0, 0.05) is 5.41 Å². The van der Waals surface area contributed by atoms with E-state index in [4.69, 9.17) is 10.3 Å². The molecule has 104 valence electrons. The summed E-state index contributed by atoms with van der Waals surface area (Å²) in [6.45, 7) is 8.52. The first kappa shape index (κ1) is 13.7. The quantitative estimate of drug-likeness (QED) is 0.897. The first-order valence-electron chi connectivity index (χ1n) is 6.39. The first-order chi connectivity index (χ1) is 8.90. The molecule has 0 amide bonds. The molecule has 0 aliphatic rings. The molecule has 0 bridgehead atoms. The van der Waals surface area contributed by atoms with E-state index in [0.717, 1.165) is 12.1 Å². The SMILES string of the molecule is CCC(N)c1cn(Cc2noc(C(C)(C)C)n2)nn1. The first-order valence-corrected chi connectivity index (χ1v) is 6.39. The van der Waals surface area contributed by atoms with Gasteiger partial charge in [0.15, 0.2) is 5.82 Å². The highest BCUT2D eigenvalue weighted by molar-refractivity contribution is 5.01. The van der Waals surface area contributed by atoms with E-state index >= 15 is 0 Å². The van der Waals surface area contributed by atoms with Crippen molar-refractivity contribution in [3.8, 4) is 0 Å². The van der Waals surface area contributed by atoms with E-state index in [9.17, 15) is 0 Å². The molecule has 1 atom stereocenters. The highest BCUT2D eigenvalue weighted by Gasteiger charge is 2.22. The second-order valence-corrected chi connectivity index (χ2v) is 5.62. The van der Waals surface area contributed by atoms with Gasteiger partial charge in [-0.1, -0.05) is 38.1 Å². The Bertz CT molecular complexity index is 538. The van der Waals surface area contributed by atoms with Gasteiger partial charge in [-0.3, -0.25) is 0 Å². The van der Waals surface area contributed by atoms with E-state index in [-0.39, 0.29) is 11.5 Å². The van der Waals surface area contributed by atoms with Crippen molar-refractivity contribution in [3.05, 3.63) is 23.6 Å². The van der Waals surface area contributed by atoms with Crippen LogP contribution in [0.3, 0.4) is 0 Å². The van der Waals surface area contributed by atoms with Gasteiger partial charge in [0.1, 0.15) is 6.54 Å². The fourth-order valence-electron chi connectivity index (χ4n) is 1.54. The molecule has 0 radical (unpaired) electrons. The monoisotopic (exact) mass is 264 g/mol. The van der Waals surface area contributed by atoms with Gasteiger partial charge in [0.25, 0.3) is 0 Å². The predicted octanol–water partition coefficient (Wildman–Crippen LogP) is 1.42. The van der Waals surface area contributed by atoms with Crippen LogP contribution in [0.4, 0.5) is 0 Å². The Kier molecular flexibility index (Phi) is 3.66. The number of nitrogens with zero attached hydrogens (tertiary/aromatic N) is 5. The average molecular weight is 264 g/mol. The van der Waals surface area contributed by atoms with Gasteiger partial charge in [-0.2, -0.15) is 4.98 Å². The second-order valence-electron chi connectivity index (χ2n) is 5.62. The van der Waals surface area contributed by atoms with Crippen LogP contribution in [0, 0.1) is 0 Å². The minimum atomic E-state index is -0.149. The van der Waals surface area contributed by atoms with Crippen LogP contribution in [0.2, 0.25) is 0 Å². The minimum Gasteiger partial charge on any atom is -0.339 e. The summed E-state index contributed by atoms with van der Waals surface area (Å²) in [6, 6.07) is -0.0795. The Labute approximate surface area is 112 Å². The topological polar surface area (TPSA) is 95.7 Å². The van der Waals surface area contributed by atoms with Crippen LogP contribution in [0.15, 0.2) is 10.7 Å². The highest BCUT2D eigenvalue weighted by atomic mass is 16.5. The van der Waals surface area contributed by atoms with Crippen LogP contribution < -0.4 is 5.73 Å². The minimum absolute atomic E-state index is 0.0795. The summed E-state index contributed by atoms with van der Waals surface area (Å²) in [5, 5.41) is 12.0. The van der Waals surface area contributed by atoms with Crippen molar-refractivity contribution in [2.24, 2.45) is 5.73 Å². The standard InChI is InChI=1S/C12H20N6O/c1-5-8(13)9-6-18(17-15-9)7-10-14-11(19-16-10)12(2,3)4/h6,8H,5,7,13H2,1-4H3. The predicted molar refractivity (Wildman–Crippen MR) is 69.3 cm³/mol. The highest BCUT2D eigenvalue weighted by Crippen LogP contribution is 2.19. The maximum atomic E-state index is 5.90. The van der Waals surface area contributed by atoms with E-state index in [1.807, 2.05) is 33.9 Å². The average Bonchev–Trinajstić information content (AvgIpc) is 2.97. The zero-order valence-electron chi connectivity index (χ0n) is 11.8. The van der Waals surface area contributed by atoms with E-state index in [1.54, 1.807) is 4.68 Å². The maximum Gasteiger partial charge on any atom is 0.232 e. The Hall–Kier alpha value is -1.76. The Morgan fingerprint density at radius 3 is 2.74 bits per heavy atom. The zero-order valence-corrected chi connectivity index (χ0v) is 11.8. The van der Waals surface area contributed by atoms with Crippen LogP contribution in [0.25, 0.3) is 0 Å². The fraction of sp³-hybridized carbons (Fsp3) is 0.667. The number of hydrogen-bond acceptors (Lipinski definition) is 6. The summed E-state index contributed by atoms with van der Waals surface area (Å²) in [5.74, 6) is 1.21. The fourth-order valence-corrected chi connectivity index (χ4v) is 1.54. The number of nitrogens with two attached hydrogens (primary N) is 1. The number of rotatable bonds is 4. The number of hydrogen-bond donors (Lipinski definition) is 1. The maximum absolute atomic E-state index is 5.90. The molecule has 7 heteroatoms. The van der Waals surface area contributed by atoms with Crippen molar-refractivity contribution >= 4 is 0 Å². The summed E-state index contributed by atoms with van der Waals surface area (Å²) in [6.07, 6.45) is 2.65. The molecule has 0 fully saturated rings. The van der Waals surface area contributed by atoms with Crippen molar-refractivity contribution in [1.29, 1.82) is 0 Å². The number of aromatic nitrogens is 5. The van der Waals surface area contributed by atoms with Crippen LogP contribution in [0.1, 0.15) is 57.6 Å². The molecule has 1 unspecified atom stereocenters. The summed E-state index contributed by atoms with van der Waals surface area (Å²) >= 11 is 0. The third-order valence-electron chi connectivity index (χ3n) is 2.79. The summed E-state index contributed by atoms with van der Waals surface area (Å²) < 4.78 is 6.90. The van der Waals surface area contributed by atoms with Crippen molar-refractivity contribution in [1.82, 2.24) is 25.1 Å². The summed E-state index contributed by atoms with van der Waals surface area (Å²) in [5.41, 5.74) is 6.53. The molecule has 0 saturated heterocycles. The van der Waals surface area contributed by atoms with Gasteiger partial charge in [-0.05, 0) is 6.42 Å². The summed E-state index contributed by atoms with van der Waals surface area (Å²) in [4.78, 5) is 4.35. The van der Waals surface area contributed by atoms with Crippen LogP contribution in [-0.2, 0) is 12.0 Å². The molecule has 19 heavy (non-hydrogen) atoms. The molecule has 0 spiro atoms. The van der Waals surface area contributed by atoms with Gasteiger partial charge in [0.05, 0.1) is 17.9 Å². The van der Waals surface area contributed by atoms with E-state index in [2.05, 4.69) is 20.5 Å². The lowest BCUT2D eigenvalue weighted by molar-refractivity contribution is 0.317. The largest absolute Gasteiger partial charge is 0.339 e. The van der Waals surface area contributed by atoms with Crippen molar-refractivity contribution in [2.45, 2.75) is 52.1 Å². The zero-order chi connectivity index (χ0) is 14.0. The Balaban J connectivity index is 2.09. The molecular weight excluding hydrogens is 244 g/mol. The Morgan fingerprint density at radius 1 is 1.42 bits per heavy atom. The van der Waals surface area contributed by atoms with Crippen LogP contribution in [-0.4, -0.2) is 25.1 Å². The molecule has 2 aromatic rings. The molecule has 0 aromatic carbocycles. The molecule has 7 nitrogen and oxygen atoms in total. The van der Waals surface area contributed by atoms with Gasteiger partial charge < -0.3 is 10.3 Å². The second kappa shape index (κ2) is 5.08. The molecule has 0 aliphatic carbocycles. The Morgan fingerprint density at radius 2 is 2.16 bits per heavy atom. The third kappa shape index (κ3) is 3.17. The lowest BCUT2D eigenvalue weighted by Gasteiger charge is -2.10. The van der Waals surface area contributed by atoms with Crippen LogP contribution >= 0.6 is 0 Å². The molecule has 2 aromatic heterocycles. The van der Waals surface area contributed by atoms with Gasteiger partial charge in [-0.15, -0.1) is 5.10 Å². The molecule has 2 heterocycles. The third-order valence-corrected chi connectivity index (χ3v) is 2.79. The molecule has 2 rings (SSSR count). The normalized spacial score (nSPS) is 13.7. The van der Waals surface area contributed by atoms with Gasteiger partial charge in [0.2, 0.25) is 5.89 Å². The molecule has 2 N–H and O–H groups in total. The van der Waals surface area contributed by atoms with Crippen LogP contribution in [0.5, 0.6) is 0 Å². The van der Waals surface area contributed by atoms with E-state index in [1.165, 1.54) is 0 Å². The van der Waals surface area contributed by atoms with Crippen molar-refractivity contribution in [2.75, 3.05) is 0 Å². The lowest BCUT2D eigenvalue weighted by Crippen LogP contribution is -2.12.